The van der Waals surface area contributed by atoms with Crippen molar-refractivity contribution in [3.8, 4) is 0 Å². The molecule has 0 spiro atoms. The third-order valence-corrected chi connectivity index (χ3v) is 3.84. The number of nitrogens with one attached hydrogen (secondary N) is 1. The summed E-state index contributed by atoms with van der Waals surface area (Å²) in [5, 5.41) is 3.51. The molecule has 3 heteroatoms. The number of anilines is 1. The maximum Gasteiger partial charge on any atom is 0.221 e. The lowest BCUT2D eigenvalue weighted by molar-refractivity contribution is -0.117. The number of carbonyl (C=O) groups is 1. The number of carbonyl (C=O) groups excluding carboxylic acids is 1. The quantitative estimate of drug-likeness (QED) is 0.818. The van der Waals surface area contributed by atoms with Crippen LogP contribution < -0.4 is 11.1 Å². The van der Waals surface area contributed by atoms with Crippen molar-refractivity contribution in [2.24, 2.45) is 11.1 Å². The Morgan fingerprint density at radius 1 is 1.47 bits per heavy atom. The molecule has 92 valence electrons. The molecule has 1 amide bonds. The predicted molar refractivity (Wildman–Crippen MR) is 69.8 cm³/mol. The average molecular weight is 232 g/mol. The molecule has 1 aromatic carbocycles. The zero-order chi connectivity index (χ0) is 12.5. The molecule has 3 N–H and O–H groups in total. The number of amides is 1. The number of rotatable bonds is 5. The van der Waals surface area contributed by atoms with Crippen molar-refractivity contribution in [1.82, 2.24) is 0 Å². The fourth-order valence-electron chi connectivity index (χ4n) is 2.04. The Kier molecular flexibility index (Phi) is 3.09. The second kappa shape index (κ2) is 4.40. The van der Waals surface area contributed by atoms with Crippen molar-refractivity contribution in [3.05, 3.63) is 29.8 Å². The summed E-state index contributed by atoms with van der Waals surface area (Å²) in [4.78, 5) is 11.0. The van der Waals surface area contributed by atoms with Crippen molar-refractivity contribution in [3.63, 3.8) is 0 Å². The van der Waals surface area contributed by atoms with Crippen molar-refractivity contribution in [2.45, 2.75) is 39.2 Å². The van der Waals surface area contributed by atoms with Crippen LogP contribution in [0.25, 0.3) is 0 Å². The minimum atomic E-state index is -0.287. The van der Waals surface area contributed by atoms with Crippen LogP contribution in [-0.4, -0.2) is 11.9 Å². The highest BCUT2D eigenvalue weighted by Crippen LogP contribution is 2.48. The normalized spacial score (nSPS) is 18.5. The van der Waals surface area contributed by atoms with E-state index in [-0.39, 0.29) is 5.91 Å². The van der Waals surface area contributed by atoms with Gasteiger partial charge in [0.1, 0.15) is 0 Å². The number of primary amides is 1. The van der Waals surface area contributed by atoms with Gasteiger partial charge in [0.05, 0.1) is 6.42 Å². The van der Waals surface area contributed by atoms with E-state index in [9.17, 15) is 4.79 Å². The van der Waals surface area contributed by atoms with Crippen LogP contribution in [0.4, 0.5) is 5.69 Å². The molecule has 1 aliphatic rings. The summed E-state index contributed by atoms with van der Waals surface area (Å²) < 4.78 is 0. The van der Waals surface area contributed by atoms with Gasteiger partial charge in [-0.25, -0.2) is 0 Å². The Labute approximate surface area is 102 Å². The van der Waals surface area contributed by atoms with Gasteiger partial charge in [-0.05, 0) is 36.8 Å². The molecule has 1 aromatic rings. The molecule has 1 unspecified atom stereocenters. The van der Waals surface area contributed by atoms with Crippen molar-refractivity contribution < 1.29 is 4.79 Å². The van der Waals surface area contributed by atoms with E-state index in [0.717, 1.165) is 11.3 Å². The number of hydrogen-bond donors (Lipinski definition) is 2. The van der Waals surface area contributed by atoms with Crippen LogP contribution in [0, 0.1) is 5.41 Å². The summed E-state index contributed by atoms with van der Waals surface area (Å²) >= 11 is 0. The molecule has 1 fully saturated rings. The first-order valence-electron chi connectivity index (χ1n) is 6.14. The van der Waals surface area contributed by atoms with Crippen LogP contribution in [-0.2, 0) is 11.2 Å². The lowest BCUT2D eigenvalue weighted by atomic mass is 9.99. The monoisotopic (exact) mass is 232 g/mol. The van der Waals surface area contributed by atoms with Gasteiger partial charge in [-0.2, -0.15) is 0 Å². The van der Waals surface area contributed by atoms with E-state index in [2.05, 4.69) is 19.2 Å². The number of para-hydroxylation sites is 1. The van der Waals surface area contributed by atoms with Crippen molar-refractivity contribution in [2.75, 3.05) is 5.32 Å². The summed E-state index contributed by atoms with van der Waals surface area (Å²) in [5.74, 6) is -0.287. The number of benzene rings is 1. The fourth-order valence-corrected chi connectivity index (χ4v) is 2.04. The SMILES string of the molecule is CC(Nc1ccccc1CC(N)=O)C1(C)CC1. The van der Waals surface area contributed by atoms with Gasteiger partial charge >= 0.3 is 0 Å². The molecular formula is C14H20N2O. The molecule has 0 aliphatic heterocycles. The predicted octanol–water partition coefficient (Wildman–Crippen LogP) is 2.31. The summed E-state index contributed by atoms with van der Waals surface area (Å²) in [6.45, 7) is 4.50. The molecule has 0 saturated heterocycles. The highest BCUT2D eigenvalue weighted by Gasteiger charge is 2.42. The third-order valence-electron chi connectivity index (χ3n) is 3.84. The number of hydrogen-bond acceptors (Lipinski definition) is 2. The Morgan fingerprint density at radius 3 is 2.71 bits per heavy atom. The summed E-state index contributed by atoms with van der Waals surface area (Å²) in [6, 6.07) is 8.31. The maximum atomic E-state index is 11.0. The van der Waals surface area contributed by atoms with Gasteiger partial charge in [-0.3, -0.25) is 4.79 Å². The zero-order valence-corrected chi connectivity index (χ0v) is 10.5. The fraction of sp³-hybridized carbons (Fsp3) is 0.500. The molecule has 0 heterocycles. The van der Waals surface area contributed by atoms with E-state index in [1.54, 1.807) is 0 Å². The van der Waals surface area contributed by atoms with Crippen LogP contribution in [0.15, 0.2) is 24.3 Å². The van der Waals surface area contributed by atoms with Crippen LogP contribution in [0.3, 0.4) is 0 Å². The lowest BCUT2D eigenvalue weighted by Gasteiger charge is -2.23. The van der Waals surface area contributed by atoms with E-state index in [1.807, 2.05) is 24.3 Å². The Bertz CT molecular complexity index is 424. The van der Waals surface area contributed by atoms with Crippen LogP contribution in [0.1, 0.15) is 32.3 Å². The van der Waals surface area contributed by atoms with Gasteiger partial charge in [0.25, 0.3) is 0 Å². The highest BCUT2D eigenvalue weighted by molar-refractivity contribution is 5.78. The first-order valence-corrected chi connectivity index (χ1v) is 6.14. The number of nitrogens with two attached hydrogens (primary N) is 1. The smallest absolute Gasteiger partial charge is 0.221 e. The Balaban J connectivity index is 2.11. The molecule has 0 bridgehead atoms. The third kappa shape index (κ3) is 2.78. The van der Waals surface area contributed by atoms with Crippen LogP contribution >= 0.6 is 0 Å². The van der Waals surface area contributed by atoms with Crippen molar-refractivity contribution >= 4 is 11.6 Å². The average Bonchev–Trinajstić information content (AvgIpc) is 3.00. The standard InChI is InChI=1S/C14H20N2O/c1-10(14(2)7-8-14)16-12-6-4-3-5-11(12)9-13(15)17/h3-6,10,16H,7-9H2,1-2H3,(H2,15,17). The van der Waals surface area contributed by atoms with Crippen LogP contribution in [0.2, 0.25) is 0 Å². The van der Waals surface area contributed by atoms with E-state index in [0.29, 0.717) is 17.9 Å². The topological polar surface area (TPSA) is 55.1 Å². The minimum Gasteiger partial charge on any atom is -0.382 e. The second-order valence-electron chi connectivity index (χ2n) is 5.32. The van der Waals surface area contributed by atoms with E-state index < -0.39 is 0 Å². The molecule has 3 nitrogen and oxygen atoms in total. The highest BCUT2D eigenvalue weighted by atomic mass is 16.1. The summed E-state index contributed by atoms with van der Waals surface area (Å²) in [7, 11) is 0. The largest absolute Gasteiger partial charge is 0.382 e. The lowest BCUT2D eigenvalue weighted by Crippen LogP contribution is -2.26. The zero-order valence-electron chi connectivity index (χ0n) is 10.5. The minimum absolute atomic E-state index is 0.287. The summed E-state index contributed by atoms with van der Waals surface area (Å²) in [6.07, 6.45) is 2.85. The van der Waals surface area contributed by atoms with E-state index >= 15 is 0 Å². The van der Waals surface area contributed by atoms with Crippen molar-refractivity contribution in [1.29, 1.82) is 0 Å². The molecular weight excluding hydrogens is 212 g/mol. The van der Waals surface area contributed by atoms with Gasteiger partial charge in [0, 0.05) is 11.7 Å². The van der Waals surface area contributed by atoms with Gasteiger partial charge in [-0.1, -0.05) is 25.1 Å². The molecule has 0 radical (unpaired) electrons. The Morgan fingerprint density at radius 2 is 2.12 bits per heavy atom. The molecule has 1 saturated carbocycles. The first kappa shape index (κ1) is 12.0. The van der Waals surface area contributed by atoms with Gasteiger partial charge in [-0.15, -0.1) is 0 Å². The Hall–Kier alpha value is -1.51. The second-order valence-corrected chi connectivity index (χ2v) is 5.32. The van der Waals surface area contributed by atoms with Gasteiger partial charge in [0.2, 0.25) is 5.91 Å². The first-order chi connectivity index (χ1) is 8.01. The maximum absolute atomic E-state index is 11.0. The summed E-state index contributed by atoms with van der Waals surface area (Å²) in [5.41, 5.74) is 7.69. The van der Waals surface area contributed by atoms with Gasteiger partial charge < -0.3 is 11.1 Å². The molecule has 17 heavy (non-hydrogen) atoms. The molecule has 2 rings (SSSR count). The molecule has 1 atom stereocenters. The van der Waals surface area contributed by atoms with Gasteiger partial charge in [0.15, 0.2) is 0 Å². The molecule has 1 aliphatic carbocycles. The van der Waals surface area contributed by atoms with E-state index in [4.69, 9.17) is 5.73 Å². The van der Waals surface area contributed by atoms with Crippen LogP contribution in [0.5, 0.6) is 0 Å². The molecule has 0 aromatic heterocycles. The van der Waals surface area contributed by atoms with E-state index in [1.165, 1.54) is 12.8 Å².